The second-order valence-electron chi connectivity index (χ2n) is 7.19. The Morgan fingerprint density at radius 2 is 1.81 bits per heavy atom. The van der Waals surface area contributed by atoms with Gasteiger partial charge in [-0.05, 0) is 41.7 Å². The van der Waals surface area contributed by atoms with Crippen LogP contribution < -0.4 is 9.47 Å². The molecule has 4 heteroatoms. The maximum atomic E-state index is 13.2. The van der Waals surface area contributed by atoms with Gasteiger partial charge in [0.1, 0.15) is 0 Å². The summed E-state index contributed by atoms with van der Waals surface area (Å²) in [4.78, 5) is 15.3. The van der Waals surface area contributed by atoms with Gasteiger partial charge in [0, 0.05) is 12.5 Å². The summed E-state index contributed by atoms with van der Waals surface area (Å²) in [6, 6.07) is 14.3. The smallest absolute Gasteiger partial charge is 0.226 e. The van der Waals surface area contributed by atoms with Crippen molar-refractivity contribution >= 4 is 5.91 Å². The van der Waals surface area contributed by atoms with Crippen LogP contribution in [0.25, 0.3) is 0 Å². The van der Waals surface area contributed by atoms with E-state index in [4.69, 9.17) is 9.47 Å². The third-order valence-electron chi connectivity index (χ3n) is 5.42. The Hall–Kier alpha value is -2.49. The van der Waals surface area contributed by atoms with Crippen LogP contribution in [0.5, 0.6) is 11.5 Å². The lowest BCUT2D eigenvalue weighted by atomic mass is 9.86. The fourth-order valence-corrected chi connectivity index (χ4v) is 4.02. The van der Waals surface area contributed by atoms with E-state index in [0.717, 1.165) is 42.7 Å². The third kappa shape index (κ3) is 3.80. The molecule has 0 saturated carbocycles. The molecule has 2 atom stereocenters. The Kier molecular flexibility index (Phi) is 6.04. The van der Waals surface area contributed by atoms with Gasteiger partial charge in [-0.1, -0.05) is 50.6 Å². The number of fused-ring (bicyclic) bond motifs is 1. The quantitative estimate of drug-likeness (QED) is 0.748. The maximum Gasteiger partial charge on any atom is 0.226 e. The molecule has 144 valence electrons. The molecule has 2 unspecified atom stereocenters. The highest BCUT2D eigenvalue weighted by atomic mass is 16.5. The van der Waals surface area contributed by atoms with Crippen molar-refractivity contribution < 1.29 is 14.3 Å². The lowest BCUT2D eigenvalue weighted by Gasteiger charge is -2.39. The fraction of sp³-hybridized carbons (Fsp3) is 0.435. The predicted molar refractivity (Wildman–Crippen MR) is 107 cm³/mol. The third-order valence-corrected chi connectivity index (χ3v) is 5.42. The number of hydrogen-bond acceptors (Lipinski definition) is 3. The molecule has 27 heavy (non-hydrogen) atoms. The first-order valence-corrected chi connectivity index (χ1v) is 9.70. The van der Waals surface area contributed by atoms with E-state index in [9.17, 15) is 4.79 Å². The summed E-state index contributed by atoms with van der Waals surface area (Å²) in [6.45, 7) is 4.88. The van der Waals surface area contributed by atoms with Gasteiger partial charge in [-0.25, -0.2) is 0 Å². The van der Waals surface area contributed by atoms with Crippen molar-refractivity contribution in [2.24, 2.45) is 5.92 Å². The lowest BCUT2D eigenvalue weighted by molar-refractivity contribution is -0.137. The molecular weight excluding hydrogens is 338 g/mol. The van der Waals surface area contributed by atoms with Gasteiger partial charge in [0.05, 0.1) is 20.3 Å². The molecule has 1 aliphatic heterocycles. The average molecular weight is 367 g/mol. The highest BCUT2D eigenvalue weighted by Gasteiger charge is 2.34. The second-order valence-corrected chi connectivity index (χ2v) is 7.19. The van der Waals surface area contributed by atoms with Crippen LogP contribution in [0.2, 0.25) is 0 Å². The van der Waals surface area contributed by atoms with Gasteiger partial charge < -0.3 is 14.4 Å². The van der Waals surface area contributed by atoms with E-state index in [-0.39, 0.29) is 17.9 Å². The average Bonchev–Trinajstić information content (AvgIpc) is 2.72. The van der Waals surface area contributed by atoms with Crippen LogP contribution in [0.15, 0.2) is 42.5 Å². The van der Waals surface area contributed by atoms with E-state index in [1.54, 1.807) is 14.2 Å². The SMILES string of the molecule is CCCC(C)C(=O)N1CCc2cc(OC)c(OC)cc2C1c1ccccc1. The number of rotatable bonds is 6. The van der Waals surface area contributed by atoms with Gasteiger partial charge >= 0.3 is 0 Å². The summed E-state index contributed by atoms with van der Waals surface area (Å²) in [7, 11) is 3.31. The highest BCUT2D eigenvalue weighted by Crippen LogP contribution is 2.41. The zero-order valence-electron chi connectivity index (χ0n) is 16.7. The monoisotopic (exact) mass is 367 g/mol. The summed E-state index contributed by atoms with van der Waals surface area (Å²) in [5.74, 6) is 1.70. The number of hydrogen-bond donors (Lipinski definition) is 0. The van der Waals surface area contributed by atoms with E-state index >= 15 is 0 Å². The number of methoxy groups -OCH3 is 2. The highest BCUT2D eigenvalue weighted by molar-refractivity contribution is 5.80. The van der Waals surface area contributed by atoms with Crippen molar-refractivity contribution in [3.05, 3.63) is 59.2 Å². The zero-order chi connectivity index (χ0) is 19.4. The minimum atomic E-state index is -0.0958. The van der Waals surface area contributed by atoms with Gasteiger partial charge in [-0.15, -0.1) is 0 Å². The molecule has 3 rings (SSSR count). The number of carbonyl (C=O) groups is 1. The molecule has 0 aromatic heterocycles. The van der Waals surface area contributed by atoms with Crippen molar-refractivity contribution in [1.82, 2.24) is 4.90 Å². The normalized spacial score (nSPS) is 17.2. The molecule has 0 N–H and O–H groups in total. The molecule has 1 heterocycles. The van der Waals surface area contributed by atoms with E-state index < -0.39 is 0 Å². The van der Waals surface area contributed by atoms with Crippen LogP contribution in [-0.4, -0.2) is 31.6 Å². The Balaban J connectivity index is 2.09. The molecule has 1 aliphatic rings. The standard InChI is InChI=1S/C23H29NO3/c1-5-9-16(2)23(25)24-13-12-18-14-20(26-3)21(27-4)15-19(18)22(24)17-10-7-6-8-11-17/h6-8,10-11,14-16,22H,5,9,12-13H2,1-4H3. The number of nitrogens with zero attached hydrogens (tertiary/aromatic N) is 1. The Bertz CT molecular complexity index is 788. The van der Waals surface area contributed by atoms with Crippen molar-refractivity contribution in [1.29, 1.82) is 0 Å². The summed E-state index contributed by atoms with van der Waals surface area (Å²) in [6.07, 6.45) is 2.75. The predicted octanol–water partition coefficient (Wildman–Crippen LogP) is 4.61. The second kappa shape index (κ2) is 8.47. The molecule has 4 nitrogen and oxygen atoms in total. The first-order chi connectivity index (χ1) is 13.1. The minimum Gasteiger partial charge on any atom is -0.493 e. The maximum absolute atomic E-state index is 13.2. The molecule has 0 radical (unpaired) electrons. The number of carbonyl (C=O) groups excluding carboxylic acids is 1. The summed E-state index contributed by atoms with van der Waals surface area (Å²) in [5, 5.41) is 0. The van der Waals surface area contributed by atoms with Crippen LogP contribution in [-0.2, 0) is 11.2 Å². The molecule has 1 amide bonds. The zero-order valence-corrected chi connectivity index (χ0v) is 16.7. The largest absolute Gasteiger partial charge is 0.493 e. The summed E-state index contributed by atoms with van der Waals surface area (Å²) in [5.41, 5.74) is 3.47. The number of ether oxygens (including phenoxy) is 2. The van der Waals surface area contributed by atoms with E-state index in [0.29, 0.717) is 5.75 Å². The van der Waals surface area contributed by atoms with Crippen LogP contribution in [0.4, 0.5) is 0 Å². The molecule has 0 fully saturated rings. The van der Waals surface area contributed by atoms with Crippen LogP contribution in [0.1, 0.15) is 49.4 Å². The first kappa shape index (κ1) is 19.3. The molecule has 2 aromatic carbocycles. The van der Waals surface area contributed by atoms with Crippen LogP contribution in [0, 0.1) is 5.92 Å². The van der Waals surface area contributed by atoms with Gasteiger partial charge in [0.2, 0.25) is 5.91 Å². The Morgan fingerprint density at radius 1 is 1.15 bits per heavy atom. The molecule has 0 bridgehead atoms. The minimum absolute atomic E-state index is 0.0305. The van der Waals surface area contributed by atoms with E-state index in [1.807, 2.05) is 36.1 Å². The Labute approximate surface area is 162 Å². The van der Waals surface area contributed by atoms with Crippen molar-refractivity contribution in [3.8, 4) is 11.5 Å². The molecule has 0 aliphatic carbocycles. The topological polar surface area (TPSA) is 38.8 Å². The van der Waals surface area contributed by atoms with Gasteiger partial charge in [0.25, 0.3) is 0 Å². The molecule has 0 spiro atoms. The molecular formula is C23H29NO3. The number of amides is 1. The first-order valence-electron chi connectivity index (χ1n) is 9.70. The molecule has 2 aromatic rings. The van der Waals surface area contributed by atoms with E-state index in [2.05, 4.69) is 25.1 Å². The molecule has 0 saturated heterocycles. The van der Waals surface area contributed by atoms with Crippen molar-refractivity contribution in [3.63, 3.8) is 0 Å². The van der Waals surface area contributed by atoms with Crippen molar-refractivity contribution in [2.45, 2.75) is 39.2 Å². The van der Waals surface area contributed by atoms with E-state index in [1.165, 1.54) is 5.56 Å². The summed E-state index contributed by atoms with van der Waals surface area (Å²) >= 11 is 0. The van der Waals surface area contributed by atoms with Gasteiger partial charge in [-0.2, -0.15) is 0 Å². The van der Waals surface area contributed by atoms with Gasteiger partial charge in [0.15, 0.2) is 11.5 Å². The fourth-order valence-electron chi connectivity index (χ4n) is 4.02. The van der Waals surface area contributed by atoms with Crippen molar-refractivity contribution in [2.75, 3.05) is 20.8 Å². The van der Waals surface area contributed by atoms with Crippen LogP contribution in [0.3, 0.4) is 0 Å². The van der Waals surface area contributed by atoms with Gasteiger partial charge in [-0.3, -0.25) is 4.79 Å². The van der Waals surface area contributed by atoms with Crippen LogP contribution >= 0.6 is 0 Å². The lowest BCUT2D eigenvalue weighted by Crippen LogP contribution is -2.43. The Morgan fingerprint density at radius 3 is 2.44 bits per heavy atom. The summed E-state index contributed by atoms with van der Waals surface area (Å²) < 4.78 is 11.0. The number of benzene rings is 2.